The van der Waals surface area contributed by atoms with Crippen LogP contribution in [0.4, 0.5) is 5.69 Å². The minimum atomic E-state index is -3.60. The fourth-order valence-electron chi connectivity index (χ4n) is 3.87. The highest BCUT2D eigenvalue weighted by Gasteiger charge is 2.32. The molecule has 1 fully saturated rings. The van der Waals surface area contributed by atoms with Crippen LogP contribution in [-0.2, 0) is 14.8 Å². The largest absolute Gasteiger partial charge is 0.480 e. The fourth-order valence-corrected chi connectivity index (χ4v) is 5.31. The summed E-state index contributed by atoms with van der Waals surface area (Å²) in [5, 5.41) is 2.82. The first-order chi connectivity index (χ1) is 16.9. The Bertz CT molecular complexity index is 1270. The second-order valence-electron chi connectivity index (χ2n) is 8.12. The summed E-state index contributed by atoms with van der Waals surface area (Å²) in [5.74, 6) is -0.307. The van der Waals surface area contributed by atoms with Gasteiger partial charge < -0.3 is 15.0 Å². The molecule has 1 atom stereocenters. The average molecular weight is 494 g/mol. The Kier molecular flexibility index (Phi) is 7.48. The molecular weight excluding hydrogens is 466 g/mol. The molecular formula is C26H27N3O5S. The highest BCUT2D eigenvalue weighted by atomic mass is 32.2. The molecule has 0 saturated carbocycles. The minimum absolute atomic E-state index is 0.200. The van der Waals surface area contributed by atoms with Gasteiger partial charge in [0.25, 0.3) is 11.8 Å². The lowest BCUT2D eigenvalue weighted by Crippen LogP contribution is -2.53. The maximum atomic E-state index is 13.0. The summed E-state index contributed by atoms with van der Waals surface area (Å²) in [7, 11) is -3.60. The van der Waals surface area contributed by atoms with Crippen molar-refractivity contribution in [3.05, 3.63) is 90.5 Å². The number of nitrogens with one attached hydrogen (secondary N) is 1. The molecule has 1 aliphatic rings. The SMILES string of the molecule is C[C@H](Oc1ccccc1C(=O)Nc1ccccc1)C(=O)N1CCN(S(=O)(=O)c2ccccc2)CC1. The zero-order valence-electron chi connectivity index (χ0n) is 19.3. The van der Waals surface area contributed by atoms with E-state index < -0.39 is 16.1 Å². The molecule has 3 aromatic carbocycles. The number of anilines is 1. The van der Waals surface area contributed by atoms with E-state index >= 15 is 0 Å². The summed E-state index contributed by atoms with van der Waals surface area (Å²) in [5.41, 5.74) is 0.967. The maximum Gasteiger partial charge on any atom is 0.263 e. The maximum absolute atomic E-state index is 13.0. The zero-order chi connectivity index (χ0) is 24.8. The summed E-state index contributed by atoms with van der Waals surface area (Å²) < 4.78 is 33.0. The molecule has 8 nitrogen and oxygen atoms in total. The van der Waals surface area contributed by atoms with Crippen molar-refractivity contribution in [1.29, 1.82) is 0 Å². The Hall–Kier alpha value is -3.69. The summed E-state index contributed by atoms with van der Waals surface area (Å²) in [6.45, 7) is 2.54. The fraction of sp³-hybridized carbons (Fsp3) is 0.231. The lowest BCUT2D eigenvalue weighted by atomic mass is 10.1. The van der Waals surface area contributed by atoms with E-state index in [0.29, 0.717) is 17.0 Å². The van der Waals surface area contributed by atoms with E-state index in [1.54, 1.807) is 78.6 Å². The highest BCUT2D eigenvalue weighted by Crippen LogP contribution is 2.22. The molecule has 1 aliphatic heterocycles. The third-order valence-corrected chi connectivity index (χ3v) is 7.66. The number of nitrogens with zero attached hydrogens (tertiary/aromatic N) is 2. The molecule has 1 saturated heterocycles. The molecule has 2 amide bonds. The zero-order valence-corrected chi connectivity index (χ0v) is 20.1. The number of hydrogen-bond donors (Lipinski definition) is 1. The second-order valence-corrected chi connectivity index (χ2v) is 10.1. The minimum Gasteiger partial charge on any atom is -0.480 e. The van der Waals surface area contributed by atoms with Gasteiger partial charge in [0.2, 0.25) is 10.0 Å². The summed E-state index contributed by atoms with van der Waals surface area (Å²) in [6, 6.07) is 24.1. The van der Waals surface area contributed by atoms with Crippen molar-refractivity contribution < 1.29 is 22.7 Å². The number of benzene rings is 3. The van der Waals surface area contributed by atoms with Gasteiger partial charge in [-0.2, -0.15) is 4.31 Å². The smallest absolute Gasteiger partial charge is 0.263 e. The Balaban J connectivity index is 1.38. The van der Waals surface area contributed by atoms with Gasteiger partial charge in [0.15, 0.2) is 6.10 Å². The van der Waals surface area contributed by atoms with Crippen LogP contribution in [0.3, 0.4) is 0 Å². The number of hydrogen-bond acceptors (Lipinski definition) is 5. The van der Waals surface area contributed by atoms with Crippen molar-refractivity contribution in [1.82, 2.24) is 9.21 Å². The number of carbonyl (C=O) groups is 2. The number of ether oxygens (including phenoxy) is 1. The standard InChI is InChI=1S/C26H27N3O5S/c1-20(34-24-15-9-8-14-23(24)25(30)27-21-10-4-2-5-11-21)26(31)28-16-18-29(19-17-28)35(32,33)22-12-6-3-7-13-22/h2-15,20H,16-19H2,1H3,(H,27,30)/t20-/m0/s1. The molecule has 182 valence electrons. The number of piperazine rings is 1. The van der Waals surface area contributed by atoms with E-state index in [0.717, 1.165) is 0 Å². The van der Waals surface area contributed by atoms with Crippen molar-refractivity contribution in [2.75, 3.05) is 31.5 Å². The lowest BCUT2D eigenvalue weighted by molar-refractivity contribution is -0.139. The van der Waals surface area contributed by atoms with E-state index in [2.05, 4.69) is 5.32 Å². The van der Waals surface area contributed by atoms with Crippen molar-refractivity contribution in [2.45, 2.75) is 17.9 Å². The van der Waals surface area contributed by atoms with Crippen LogP contribution in [0, 0.1) is 0 Å². The van der Waals surface area contributed by atoms with Crippen molar-refractivity contribution >= 4 is 27.5 Å². The van der Waals surface area contributed by atoms with Crippen LogP contribution in [0.2, 0.25) is 0 Å². The summed E-state index contributed by atoms with van der Waals surface area (Å²) in [6.07, 6.45) is -0.849. The molecule has 9 heteroatoms. The van der Waals surface area contributed by atoms with Crippen molar-refractivity contribution in [3.63, 3.8) is 0 Å². The first-order valence-electron chi connectivity index (χ1n) is 11.3. The molecule has 0 unspecified atom stereocenters. The normalized spacial score (nSPS) is 15.3. The van der Waals surface area contributed by atoms with Gasteiger partial charge in [-0.15, -0.1) is 0 Å². The molecule has 0 spiro atoms. The van der Waals surface area contributed by atoms with E-state index in [1.807, 2.05) is 18.2 Å². The van der Waals surface area contributed by atoms with Crippen LogP contribution in [0.25, 0.3) is 0 Å². The monoisotopic (exact) mass is 493 g/mol. The summed E-state index contributed by atoms with van der Waals surface area (Å²) in [4.78, 5) is 27.6. The number of sulfonamides is 1. The first-order valence-corrected chi connectivity index (χ1v) is 12.8. The molecule has 3 aromatic rings. The van der Waals surface area contributed by atoms with Gasteiger partial charge in [-0.1, -0.05) is 48.5 Å². The van der Waals surface area contributed by atoms with Gasteiger partial charge in [-0.25, -0.2) is 8.42 Å². The Morgan fingerprint density at radius 2 is 1.40 bits per heavy atom. The molecule has 1 heterocycles. The molecule has 0 aromatic heterocycles. The Labute approximate surface area is 205 Å². The van der Waals surface area contributed by atoms with Gasteiger partial charge in [-0.3, -0.25) is 9.59 Å². The van der Waals surface area contributed by atoms with Crippen LogP contribution < -0.4 is 10.1 Å². The number of carbonyl (C=O) groups excluding carboxylic acids is 2. The third-order valence-electron chi connectivity index (χ3n) is 5.75. The van der Waals surface area contributed by atoms with Crippen molar-refractivity contribution in [3.8, 4) is 5.75 Å². The molecule has 1 N–H and O–H groups in total. The lowest BCUT2D eigenvalue weighted by Gasteiger charge is -2.35. The predicted molar refractivity (Wildman–Crippen MR) is 133 cm³/mol. The van der Waals surface area contributed by atoms with E-state index in [9.17, 15) is 18.0 Å². The van der Waals surface area contributed by atoms with Crippen LogP contribution in [-0.4, -0.2) is 61.7 Å². The Morgan fingerprint density at radius 1 is 0.829 bits per heavy atom. The first kappa shape index (κ1) is 24.4. The molecule has 35 heavy (non-hydrogen) atoms. The molecule has 0 aliphatic carbocycles. The third kappa shape index (κ3) is 5.70. The van der Waals surface area contributed by atoms with Crippen LogP contribution >= 0.6 is 0 Å². The van der Waals surface area contributed by atoms with Gasteiger partial charge in [0, 0.05) is 31.9 Å². The summed E-state index contributed by atoms with van der Waals surface area (Å²) >= 11 is 0. The van der Waals surface area contributed by atoms with E-state index in [4.69, 9.17) is 4.74 Å². The van der Waals surface area contributed by atoms with Crippen LogP contribution in [0.1, 0.15) is 17.3 Å². The van der Waals surface area contributed by atoms with Gasteiger partial charge >= 0.3 is 0 Å². The second kappa shape index (κ2) is 10.7. The van der Waals surface area contributed by atoms with Gasteiger partial charge in [0.05, 0.1) is 10.5 Å². The van der Waals surface area contributed by atoms with Gasteiger partial charge in [0.1, 0.15) is 5.75 Å². The molecule has 4 rings (SSSR count). The van der Waals surface area contributed by atoms with Gasteiger partial charge in [-0.05, 0) is 43.3 Å². The highest BCUT2D eigenvalue weighted by molar-refractivity contribution is 7.89. The predicted octanol–water partition coefficient (Wildman–Crippen LogP) is 3.24. The van der Waals surface area contributed by atoms with E-state index in [-0.39, 0.29) is 42.9 Å². The Morgan fingerprint density at radius 3 is 2.06 bits per heavy atom. The van der Waals surface area contributed by atoms with Crippen molar-refractivity contribution in [2.24, 2.45) is 0 Å². The number of amides is 2. The van der Waals surface area contributed by atoms with Crippen LogP contribution in [0.15, 0.2) is 89.8 Å². The number of para-hydroxylation sites is 2. The van der Waals surface area contributed by atoms with Crippen LogP contribution in [0.5, 0.6) is 5.75 Å². The quantitative estimate of drug-likeness (QED) is 0.545. The molecule has 0 radical (unpaired) electrons. The van der Waals surface area contributed by atoms with E-state index in [1.165, 1.54) is 4.31 Å². The number of rotatable bonds is 7. The molecule has 0 bridgehead atoms. The average Bonchev–Trinajstić information content (AvgIpc) is 2.89. The topological polar surface area (TPSA) is 96.0 Å².